The smallest absolute Gasteiger partial charge is 0.262 e. The number of fused-ring (bicyclic) bond motifs is 1. The van der Waals surface area contributed by atoms with Crippen LogP contribution in [0.5, 0.6) is 0 Å². The summed E-state index contributed by atoms with van der Waals surface area (Å²) in [5.74, 6) is 0.868. The van der Waals surface area contributed by atoms with E-state index in [0.717, 1.165) is 36.0 Å². The number of pyridine rings is 1. The fourth-order valence-corrected chi connectivity index (χ4v) is 2.99. The number of halogens is 1. The zero-order valence-corrected chi connectivity index (χ0v) is 12.8. The lowest BCUT2D eigenvalue weighted by atomic mass is 10.1. The molecule has 0 bridgehead atoms. The second-order valence-corrected chi connectivity index (χ2v) is 6.29. The highest BCUT2D eigenvalue weighted by molar-refractivity contribution is 9.10. The Balaban J connectivity index is 1.75. The standard InChI is InChI=1S/C13H13BrN6O/c14-9-6-10(11(15-7-9)8-2-3-8)12(21)19-4-1-5-20-13(19)16-17-18-20/h6-8H,1-5H2. The molecule has 7 nitrogen and oxygen atoms in total. The molecular weight excluding hydrogens is 336 g/mol. The summed E-state index contributed by atoms with van der Waals surface area (Å²) in [5, 5.41) is 11.5. The average Bonchev–Trinajstić information content (AvgIpc) is 3.22. The number of anilines is 1. The molecule has 0 saturated heterocycles. The third-order valence-corrected chi connectivity index (χ3v) is 4.26. The first-order valence-electron chi connectivity index (χ1n) is 6.97. The van der Waals surface area contributed by atoms with E-state index >= 15 is 0 Å². The van der Waals surface area contributed by atoms with Crippen LogP contribution in [-0.2, 0) is 6.54 Å². The Morgan fingerprint density at radius 1 is 1.33 bits per heavy atom. The van der Waals surface area contributed by atoms with Crippen LogP contribution in [0.4, 0.5) is 5.95 Å². The molecule has 2 aliphatic rings. The number of aromatic nitrogens is 5. The largest absolute Gasteiger partial charge is 0.275 e. The molecule has 1 aliphatic heterocycles. The maximum absolute atomic E-state index is 12.9. The molecular formula is C13H13BrN6O. The summed E-state index contributed by atoms with van der Waals surface area (Å²) in [5.41, 5.74) is 1.55. The highest BCUT2D eigenvalue weighted by Gasteiger charge is 2.33. The summed E-state index contributed by atoms with van der Waals surface area (Å²) in [7, 11) is 0. The van der Waals surface area contributed by atoms with E-state index in [2.05, 4.69) is 36.4 Å². The first kappa shape index (κ1) is 12.9. The van der Waals surface area contributed by atoms with E-state index in [-0.39, 0.29) is 5.91 Å². The van der Waals surface area contributed by atoms with Crippen molar-refractivity contribution in [3.05, 3.63) is 28.0 Å². The number of carbonyl (C=O) groups excluding carboxylic acids is 1. The Bertz CT molecular complexity index is 710. The van der Waals surface area contributed by atoms with Crippen LogP contribution in [0.1, 0.15) is 41.2 Å². The van der Waals surface area contributed by atoms with E-state index in [9.17, 15) is 4.79 Å². The number of hydrogen-bond acceptors (Lipinski definition) is 5. The summed E-state index contributed by atoms with van der Waals surface area (Å²) >= 11 is 3.40. The van der Waals surface area contributed by atoms with E-state index < -0.39 is 0 Å². The van der Waals surface area contributed by atoms with Crippen LogP contribution >= 0.6 is 15.9 Å². The number of hydrogen-bond donors (Lipinski definition) is 0. The van der Waals surface area contributed by atoms with Crippen molar-refractivity contribution in [2.45, 2.75) is 31.7 Å². The number of aryl methyl sites for hydroxylation is 1. The fourth-order valence-electron chi connectivity index (χ4n) is 2.66. The van der Waals surface area contributed by atoms with Crippen molar-refractivity contribution in [2.75, 3.05) is 11.4 Å². The zero-order chi connectivity index (χ0) is 14.4. The predicted octanol–water partition coefficient (Wildman–Crippen LogP) is 1.76. The van der Waals surface area contributed by atoms with E-state index in [1.165, 1.54) is 0 Å². The normalized spacial score (nSPS) is 17.7. The molecule has 0 spiro atoms. The Morgan fingerprint density at radius 3 is 3.00 bits per heavy atom. The van der Waals surface area contributed by atoms with Crippen LogP contribution in [0.2, 0.25) is 0 Å². The van der Waals surface area contributed by atoms with E-state index in [4.69, 9.17) is 0 Å². The third kappa shape index (κ3) is 2.23. The molecule has 0 unspecified atom stereocenters. The molecule has 3 heterocycles. The molecule has 1 saturated carbocycles. The van der Waals surface area contributed by atoms with Gasteiger partial charge in [-0.3, -0.25) is 14.7 Å². The predicted molar refractivity (Wildman–Crippen MR) is 78.0 cm³/mol. The summed E-state index contributed by atoms with van der Waals surface area (Å²) in [6, 6.07) is 1.85. The van der Waals surface area contributed by atoms with Crippen molar-refractivity contribution in [1.82, 2.24) is 25.2 Å². The maximum atomic E-state index is 12.9. The Hall–Kier alpha value is -1.83. The van der Waals surface area contributed by atoms with Crippen molar-refractivity contribution in [2.24, 2.45) is 0 Å². The van der Waals surface area contributed by atoms with Crippen LogP contribution in [0.15, 0.2) is 16.7 Å². The minimum atomic E-state index is -0.0681. The van der Waals surface area contributed by atoms with Crippen molar-refractivity contribution >= 4 is 27.8 Å². The molecule has 1 aliphatic carbocycles. The number of carbonyl (C=O) groups is 1. The lowest BCUT2D eigenvalue weighted by Gasteiger charge is -2.25. The van der Waals surface area contributed by atoms with Gasteiger partial charge in [0.15, 0.2) is 0 Å². The van der Waals surface area contributed by atoms with Gasteiger partial charge in [-0.25, -0.2) is 4.68 Å². The molecule has 0 radical (unpaired) electrons. The quantitative estimate of drug-likeness (QED) is 0.826. The number of tetrazole rings is 1. The number of amides is 1. The average molecular weight is 349 g/mol. The van der Waals surface area contributed by atoms with E-state index in [1.807, 2.05) is 6.07 Å². The lowest BCUT2D eigenvalue weighted by molar-refractivity contribution is 0.0979. The van der Waals surface area contributed by atoms with Gasteiger partial charge in [0.05, 0.1) is 11.3 Å². The van der Waals surface area contributed by atoms with Gasteiger partial charge >= 0.3 is 0 Å². The molecule has 1 amide bonds. The maximum Gasteiger partial charge on any atom is 0.262 e. The highest BCUT2D eigenvalue weighted by atomic mass is 79.9. The molecule has 108 valence electrons. The van der Waals surface area contributed by atoms with Crippen LogP contribution < -0.4 is 4.90 Å². The summed E-state index contributed by atoms with van der Waals surface area (Å²) < 4.78 is 2.48. The molecule has 2 aromatic heterocycles. The van der Waals surface area contributed by atoms with Gasteiger partial charge in [0.2, 0.25) is 0 Å². The summed E-state index contributed by atoms with van der Waals surface area (Å²) in [6.07, 6.45) is 4.81. The van der Waals surface area contributed by atoms with Crippen LogP contribution in [0, 0.1) is 0 Å². The van der Waals surface area contributed by atoms with Gasteiger partial charge in [-0.1, -0.05) is 5.10 Å². The molecule has 2 aromatic rings. The fraction of sp³-hybridized carbons (Fsp3) is 0.462. The zero-order valence-electron chi connectivity index (χ0n) is 11.2. The van der Waals surface area contributed by atoms with E-state index in [0.29, 0.717) is 24.0 Å². The van der Waals surface area contributed by atoms with Gasteiger partial charge in [-0.05, 0) is 51.7 Å². The second-order valence-electron chi connectivity index (χ2n) is 5.37. The van der Waals surface area contributed by atoms with Gasteiger partial charge < -0.3 is 0 Å². The van der Waals surface area contributed by atoms with Crippen LogP contribution in [0.3, 0.4) is 0 Å². The van der Waals surface area contributed by atoms with Crippen molar-refractivity contribution in [3.63, 3.8) is 0 Å². The molecule has 1 fully saturated rings. The SMILES string of the molecule is O=C(c1cc(Br)cnc1C1CC1)N1CCCn2nnnc21. The minimum Gasteiger partial charge on any atom is -0.275 e. The Morgan fingerprint density at radius 2 is 2.19 bits per heavy atom. The molecule has 4 rings (SSSR count). The highest BCUT2D eigenvalue weighted by Crippen LogP contribution is 2.41. The van der Waals surface area contributed by atoms with Crippen LogP contribution in [0.25, 0.3) is 0 Å². The van der Waals surface area contributed by atoms with Crippen molar-refractivity contribution in [3.8, 4) is 0 Å². The van der Waals surface area contributed by atoms with Gasteiger partial charge in [0, 0.05) is 29.7 Å². The van der Waals surface area contributed by atoms with Gasteiger partial charge in [0.1, 0.15) is 0 Å². The second kappa shape index (κ2) is 4.87. The lowest BCUT2D eigenvalue weighted by Crippen LogP contribution is -2.38. The van der Waals surface area contributed by atoms with Gasteiger partial charge in [-0.15, -0.1) is 0 Å². The monoisotopic (exact) mass is 348 g/mol. The Kier molecular flexibility index (Phi) is 2.99. The number of rotatable bonds is 2. The molecule has 21 heavy (non-hydrogen) atoms. The third-order valence-electron chi connectivity index (χ3n) is 3.83. The van der Waals surface area contributed by atoms with Crippen molar-refractivity contribution < 1.29 is 4.79 Å². The first-order chi connectivity index (χ1) is 10.2. The Labute approximate surface area is 129 Å². The minimum absolute atomic E-state index is 0.0681. The van der Waals surface area contributed by atoms with Gasteiger partial charge in [0.25, 0.3) is 11.9 Å². The number of nitrogens with zero attached hydrogens (tertiary/aromatic N) is 6. The van der Waals surface area contributed by atoms with Gasteiger partial charge in [-0.2, -0.15) is 0 Å². The first-order valence-corrected chi connectivity index (χ1v) is 7.77. The molecule has 8 heteroatoms. The molecule has 0 atom stereocenters. The van der Waals surface area contributed by atoms with Crippen molar-refractivity contribution in [1.29, 1.82) is 0 Å². The van der Waals surface area contributed by atoms with E-state index in [1.54, 1.807) is 15.8 Å². The summed E-state index contributed by atoms with van der Waals surface area (Å²) in [4.78, 5) is 19.0. The van der Waals surface area contributed by atoms with Crippen LogP contribution in [-0.4, -0.2) is 37.6 Å². The molecule has 0 N–H and O–H groups in total. The summed E-state index contributed by atoms with van der Waals surface area (Å²) in [6.45, 7) is 1.38. The topological polar surface area (TPSA) is 76.8 Å². The molecule has 0 aromatic carbocycles.